The number of rotatable bonds is 5. The van der Waals surface area contributed by atoms with Gasteiger partial charge >= 0.3 is 5.97 Å². The monoisotopic (exact) mass is 401 g/mol. The van der Waals surface area contributed by atoms with Crippen molar-refractivity contribution in [3.05, 3.63) is 63.8 Å². The third kappa shape index (κ3) is 4.69. The number of ether oxygens (including phenoxy) is 1. The third-order valence-electron chi connectivity index (χ3n) is 3.66. The van der Waals surface area contributed by atoms with Crippen molar-refractivity contribution in [2.24, 2.45) is 0 Å². The van der Waals surface area contributed by atoms with Gasteiger partial charge < -0.3 is 10.1 Å². The van der Waals surface area contributed by atoms with Crippen LogP contribution in [0.5, 0.6) is 0 Å². The molecule has 0 saturated carbocycles. The Labute approximate surface area is 165 Å². The molecule has 0 aliphatic carbocycles. The molecule has 3 rings (SSSR count). The number of benzene rings is 1. The average Bonchev–Trinajstić information content (AvgIpc) is 3.05. The number of carbonyl (C=O) groups is 2. The molecule has 27 heavy (non-hydrogen) atoms. The van der Waals surface area contributed by atoms with E-state index in [1.165, 1.54) is 11.3 Å². The van der Waals surface area contributed by atoms with Crippen molar-refractivity contribution < 1.29 is 14.3 Å². The third-order valence-corrected chi connectivity index (χ3v) is 5.06. The Bertz CT molecular complexity index is 989. The van der Waals surface area contributed by atoms with Crippen LogP contribution in [-0.4, -0.2) is 28.5 Å². The summed E-state index contributed by atoms with van der Waals surface area (Å²) in [5, 5.41) is 3.90. The fraction of sp³-hybridized carbons (Fsp3) is 0.158. The highest BCUT2D eigenvalue weighted by Gasteiger charge is 2.19. The van der Waals surface area contributed by atoms with Gasteiger partial charge in [-0.3, -0.25) is 9.78 Å². The van der Waals surface area contributed by atoms with Gasteiger partial charge in [-0.2, -0.15) is 0 Å². The minimum absolute atomic E-state index is 0.353. The van der Waals surface area contributed by atoms with E-state index in [0.29, 0.717) is 32.0 Å². The van der Waals surface area contributed by atoms with Crippen LogP contribution in [0.4, 0.5) is 5.69 Å². The number of nitrogens with one attached hydrogen (secondary N) is 1. The van der Waals surface area contributed by atoms with E-state index in [9.17, 15) is 9.59 Å². The second-order valence-electron chi connectivity index (χ2n) is 5.73. The molecule has 0 saturated heterocycles. The van der Waals surface area contributed by atoms with Crippen LogP contribution < -0.4 is 5.32 Å². The van der Waals surface area contributed by atoms with Crippen LogP contribution in [0, 0.1) is 13.8 Å². The number of hydrogen-bond acceptors (Lipinski definition) is 6. The number of anilines is 1. The maximum Gasteiger partial charge on any atom is 0.350 e. The second-order valence-corrected chi connectivity index (χ2v) is 7.17. The number of aryl methyl sites for hydroxylation is 2. The zero-order valence-electron chi connectivity index (χ0n) is 14.7. The van der Waals surface area contributed by atoms with E-state index in [1.54, 1.807) is 37.4 Å². The topological polar surface area (TPSA) is 81.2 Å². The van der Waals surface area contributed by atoms with Crippen molar-refractivity contribution in [3.63, 3.8) is 0 Å². The number of aromatic nitrogens is 2. The molecule has 1 N–H and O–H groups in total. The minimum atomic E-state index is -0.588. The van der Waals surface area contributed by atoms with Gasteiger partial charge in [0.15, 0.2) is 6.61 Å². The standard InChI is InChI=1S/C19H16ClN3O3S/c1-11-9-13(20)6-7-14(11)23-16(24)10-26-19(25)17-12(2)22-18(27-17)15-5-3-4-8-21-15/h3-9H,10H2,1-2H3,(H,23,24). The Balaban J connectivity index is 1.62. The Morgan fingerprint density at radius 1 is 1.22 bits per heavy atom. The van der Waals surface area contributed by atoms with E-state index in [0.717, 1.165) is 5.56 Å². The molecule has 3 aromatic rings. The molecule has 0 aliphatic heterocycles. The van der Waals surface area contributed by atoms with Gasteiger partial charge in [0.05, 0.1) is 11.4 Å². The number of nitrogens with zero attached hydrogens (tertiary/aromatic N) is 2. The highest BCUT2D eigenvalue weighted by Crippen LogP contribution is 2.27. The van der Waals surface area contributed by atoms with Crippen LogP contribution in [0.25, 0.3) is 10.7 Å². The first-order valence-corrected chi connectivity index (χ1v) is 9.25. The van der Waals surface area contributed by atoms with Crippen molar-refractivity contribution in [2.75, 3.05) is 11.9 Å². The molecular weight excluding hydrogens is 386 g/mol. The van der Waals surface area contributed by atoms with E-state index in [-0.39, 0.29) is 0 Å². The molecule has 1 amide bonds. The zero-order chi connectivity index (χ0) is 19.4. The van der Waals surface area contributed by atoms with Gasteiger partial charge in [0.25, 0.3) is 5.91 Å². The lowest BCUT2D eigenvalue weighted by atomic mass is 10.2. The number of carbonyl (C=O) groups excluding carboxylic acids is 2. The lowest BCUT2D eigenvalue weighted by molar-refractivity contribution is -0.119. The van der Waals surface area contributed by atoms with Crippen LogP contribution >= 0.6 is 22.9 Å². The lowest BCUT2D eigenvalue weighted by Crippen LogP contribution is -2.21. The highest BCUT2D eigenvalue weighted by atomic mass is 35.5. The molecule has 6 nitrogen and oxygen atoms in total. The molecule has 2 heterocycles. The number of amides is 1. The average molecular weight is 402 g/mol. The Hall–Kier alpha value is -2.77. The molecule has 0 bridgehead atoms. The van der Waals surface area contributed by atoms with Crippen LogP contribution in [-0.2, 0) is 9.53 Å². The van der Waals surface area contributed by atoms with Gasteiger partial charge in [-0.1, -0.05) is 17.7 Å². The van der Waals surface area contributed by atoms with E-state index in [4.69, 9.17) is 16.3 Å². The Kier molecular flexibility index (Phi) is 5.83. The van der Waals surface area contributed by atoms with Crippen molar-refractivity contribution in [3.8, 4) is 10.7 Å². The van der Waals surface area contributed by atoms with Gasteiger partial charge in [0.1, 0.15) is 9.88 Å². The van der Waals surface area contributed by atoms with Gasteiger partial charge in [0, 0.05) is 16.9 Å². The summed E-state index contributed by atoms with van der Waals surface area (Å²) in [6.07, 6.45) is 1.66. The molecule has 0 atom stereocenters. The SMILES string of the molecule is Cc1cc(Cl)ccc1NC(=O)COC(=O)c1sc(-c2ccccn2)nc1C. The fourth-order valence-corrected chi connectivity index (χ4v) is 3.50. The van der Waals surface area contributed by atoms with E-state index in [2.05, 4.69) is 15.3 Å². The summed E-state index contributed by atoms with van der Waals surface area (Å²) in [7, 11) is 0. The molecule has 8 heteroatoms. The Morgan fingerprint density at radius 2 is 2.04 bits per heavy atom. The van der Waals surface area contributed by atoms with E-state index in [1.807, 2.05) is 19.1 Å². The van der Waals surface area contributed by atoms with Crippen LogP contribution in [0.1, 0.15) is 20.9 Å². The summed E-state index contributed by atoms with van der Waals surface area (Å²) in [5.41, 5.74) is 2.66. The zero-order valence-corrected chi connectivity index (χ0v) is 16.2. The molecule has 0 radical (unpaired) electrons. The van der Waals surface area contributed by atoms with Crippen LogP contribution in [0.2, 0.25) is 5.02 Å². The first kappa shape index (κ1) is 19.0. The maximum atomic E-state index is 12.3. The summed E-state index contributed by atoms with van der Waals surface area (Å²) in [4.78, 5) is 33.3. The van der Waals surface area contributed by atoms with Gasteiger partial charge in [0.2, 0.25) is 0 Å². The van der Waals surface area contributed by atoms with Crippen molar-refractivity contribution in [1.29, 1.82) is 0 Å². The van der Waals surface area contributed by atoms with Crippen molar-refractivity contribution >= 4 is 40.5 Å². The Morgan fingerprint density at radius 3 is 2.74 bits per heavy atom. The van der Waals surface area contributed by atoms with E-state index < -0.39 is 18.5 Å². The van der Waals surface area contributed by atoms with Gasteiger partial charge in [-0.15, -0.1) is 11.3 Å². The van der Waals surface area contributed by atoms with E-state index >= 15 is 0 Å². The number of hydrogen-bond donors (Lipinski definition) is 1. The molecule has 0 unspecified atom stereocenters. The number of esters is 1. The smallest absolute Gasteiger partial charge is 0.350 e. The quantitative estimate of drug-likeness (QED) is 0.645. The summed E-state index contributed by atoms with van der Waals surface area (Å²) >= 11 is 7.08. The summed E-state index contributed by atoms with van der Waals surface area (Å²) in [6, 6.07) is 10.6. The maximum absolute atomic E-state index is 12.3. The number of thiazole rings is 1. The summed E-state index contributed by atoms with van der Waals surface area (Å²) in [6.45, 7) is 3.15. The van der Waals surface area contributed by atoms with Crippen molar-refractivity contribution in [1.82, 2.24) is 9.97 Å². The summed E-state index contributed by atoms with van der Waals surface area (Å²) < 4.78 is 5.13. The predicted octanol–water partition coefficient (Wildman–Crippen LogP) is 4.27. The number of halogens is 1. The second kappa shape index (κ2) is 8.28. The molecule has 2 aromatic heterocycles. The first-order valence-electron chi connectivity index (χ1n) is 8.06. The molecule has 0 spiro atoms. The molecule has 1 aromatic carbocycles. The van der Waals surface area contributed by atoms with Crippen molar-refractivity contribution in [2.45, 2.75) is 13.8 Å². The normalized spacial score (nSPS) is 10.5. The summed E-state index contributed by atoms with van der Waals surface area (Å²) in [5.74, 6) is -1.02. The van der Waals surface area contributed by atoms with Crippen LogP contribution in [0.3, 0.4) is 0 Å². The predicted molar refractivity (Wildman–Crippen MR) is 105 cm³/mol. The first-order chi connectivity index (χ1) is 12.9. The minimum Gasteiger partial charge on any atom is -0.451 e. The van der Waals surface area contributed by atoms with Gasteiger partial charge in [-0.05, 0) is 49.7 Å². The molecular formula is C19H16ClN3O3S. The molecule has 0 fully saturated rings. The van der Waals surface area contributed by atoms with Gasteiger partial charge in [-0.25, -0.2) is 9.78 Å². The largest absolute Gasteiger partial charge is 0.451 e. The molecule has 0 aliphatic rings. The number of pyridine rings is 1. The fourth-order valence-electron chi connectivity index (χ4n) is 2.33. The highest BCUT2D eigenvalue weighted by molar-refractivity contribution is 7.17. The van der Waals surface area contributed by atoms with Crippen LogP contribution in [0.15, 0.2) is 42.6 Å². The molecule has 138 valence electrons. The lowest BCUT2D eigenvalue weighted by Gasteiger charge is -2.09.